The second-order valence-electron chi connectivity index (χ2n) is 4.96. The first-order valence-corrected chi connectivity index (χ1v) is 7.20. The van der Waals surface area contributed by atoms with Crippen molar-refractivity contribution < 1.29 is 4.79 Å². The SMILES string of the molecule is C[C@H]1CNCCN1C(=O)c1cc2c(s1)CCC2.Cl. The van der Waals surface area contributed by atoms with E-state index in [2.05, 4.69) is 18.3 Å². The van der Waals surface area contributed by atoms with Crippen molar-refractivity contribution in [3.8, 4) is 0 Å². The molecule has 0 saturated carbocycles. The first kappa shape index (κ1) is 13.8. The van der Waals surface area contributed by atoms with Crippen LogP contribution in [0.25, 0.3) is 0 Å². The molecule has 100 valence electrons. The van der Waals surface area contributed by atoms with Gasteiger partial charge in [0.05, 0.1) is 4.88 Å². The summed E-state index contributed by atoms with van der Waals surface area (Å²) in [5.41, 5.74) is 1.42. The van der Waals surface area contributed by atoms with Gasteiger partial charge < -0.3 is 10.2 Å². The van der Waals surface area contributed by atoms with E-state index in [0.29, 0.717) is 6.04 Å². The van der Waals surface area contributed by atoms with Crippen molar-refractivity contribution in [2.24, 2.45) is 0 Å². The van der Waals surface area contributed by atoms with Crippen LogP contribution in [-0.4, -0.2) is 36.5 Å². The Kier molecular flexibility index (Phi) is 4.30. The molecule has 1 aliphatic heterocycles. The zero-order chi connectivity index (χ0) is 11.8. The van der Waals surface area contributed by atoms with E-state index in [1.165, 1.54) is 23.3 Å². The van der Waals surface area contributed by atoms with E-state index in [1.807, 2.05) is 4.90 Å². The number of fused-ring (bicyclic) bond motifs is 1. The van der Waals surface area contributed by atoms with Gasteiger partial charge in [-0.15, -0.1) is 23.7 Å². The number of carbonyl (C=O) groups excluding carboxylic acids is 1. The minimum atomic E-state index is 0. The molecule has 0 unspecified atom stereocenters. The Hall–Kier alpha value is -0.580. The Labute approximate surface area is 118 Å². The maximum atomic E-state index is 12.4. The number of aryl methyl sites for hydroxylation is 2. The molecule has 3 rings (SSSR count). The van der Waals surface area contributed by atoms with Crippen LogP contribution in [0.1, 0.15) is 33.5 Å². The minimum Gasteiger partial charge on any atom is -0.333 e. The van der Waals surface area contributed by atoms with Gasteiger partial charge >= 0.3 is 0 Å². The summed E-state index contributed by atoms with van der Waals surface area (Å²) in [5.74, 6) is 0.235. The van der Waals surface area contributed by atoms with Crippen LogP contribution in [0.4, 0.5) is 0 Å². The van der Waals surface area contributed by atoms with Gasteiger partial charge in [-0.05, 0) is 37.8 Å². The van der Waals surface area contributed by atoms with Crippen molar-refractivity contribution in [1.82, 2.24) is 10.2 Å². The summed E-state index contributed by atoms with van der Waals surface area (Å²) in [4.78, 5) is 16.8. The molecule has 0 spiro atoms. The third-order valence-corrected chi connectivity index (χ3v) is 4.94. The number of nitrogens with one attached hydrogen (secondary N) is 1. The van der Waals surface area contributed by atoms with Crippen LogP contribution in [0.3, 0.4) is 0 Å². The number of carbonyl (C=O) groups is 1. The Morgan fingerprint density at radius 1 is 1.50 bits per heavy atom. The van der Waals surface area contributed by atoms with E-state index in [9.17, 15) is 4.79 Å². The number of halogens is 1. The molecule has 1 amide bonds. The molecule has 1 saturated heterocycles. The number of piperazine rings is 1. The maximum absolute atomic E-state index is 12.4. The normalized spacial score (nSPS) is 22.5. The second-order valence-corrected chi connectivity index (χ2v) is 6.10. The summed E-state index contributed by atoms with van der Waals surface area (Å²) in [6.07, 6.45) is 3.60. The van der Waals surface area contributed by atoms with Gasteiger partial charge in [-0.3, -0.25) is 4.79 Å². The summed E-state index contributed by atoms with van der Waals surface area (Å²) in [5, 5.41) is 3.32. The van der Waals surface area contributed by atoms with E-state index >= 15 is 0 Å². The molecule has 1 aromatic heterocycles. The molecule has 18 heavy (non-hydrogen) atoms. The zero-order valence-corrected chi connectivity index (χ0v) is 12.2. The topological polar surface area (TPSA) is 32.3 Å². The van der Waals surface area contributed by atoms with E-state index in [1.54, 1.807) is 11.3 Å². The summed E-state index contributed by atoms with van der Waals surface area (Å²) in [6.45, 7) is 4.78. The van der Waals surface area contributed by atoms with Gasteiger partial charge in [0.25, 0.3) is 5.91 Å². The largest absolute Gasteiger partial charge is 0.333 e. The fourth-order valence-electron chi connectivity index (χ4n) is 2.72. The molecule has 1 fully saturated rings. The maximum Gasteiger partial charge on any atom is 0.264 e. The Bertz CT molecular complexity index is 425. The van der Waals surface area contributed by atoms with Gasteiger partial charge in [-0.2, -0.15) is 0 Å². The number of hydrogen-bond donors (Lipinski definition) is 1. The number of rotatable bonds is 1. The van der Waals surface area contributed by atoms with Gasteiger partial charge in [-0.1, -0.05) is 0 Å². The van der Waals surface area contributed by atoms with E-state index < -0.39 is 0 Å². The van der Waals surface area contributed by atoms with E-state index in [4.69, 9.17) is 0 Å². The molecule has 2 aliphatic rings. The average molecular weight is 287 g/mol. The summed E-state index contributed by atoms with van der Waals surface area (Å²) >= 11 is 1.71. The van der Waals surface area contributed by atoms with Crippen LogP contribution < -0.4 is 5.32 Å². The van der Waals surface area contributed by atoms with Crippen LogP contribution in [0.2, 0.25) is 0 Å². The predicted octanol–water partition coefficient (Wildman–Crippen LogP) is 2.09. The van der Waals surface area contributed by atoms with Crippen molar-refractivity contribution in [2.45, 2.75) is 32.2 Å². The second kappa shape index (κ2) is 5.59. The van der Waals surface area contributed by atoms with Gasteiger partial charge in [0.15, 0.2) is 0 Å². The number of thiophene rings is 1. The van der Waals surface area contributed by atoms with Crippen molar-refractivity contribution in [3.63, 3.8) is 0 Å². The quantitative estimate of drug-likeness (QED) is 0.857. The zero-order valence-electron chi connectivity index (χ0n) is 10.6. The molecule has 5 heteroatoms. The predicted molar refractivity (Wildman–Crippen MR) is 77.0 cm³/mol. The molecular weight excluding hydrogens is 268 g/mol. The van der Waals surface area contributed by atoms with E-state index in [-0.39, 0.29) is 18.3 Å². The van der Waals surface area contributed by atoms with Crippen LogP contribution in [0.5, 0.6) is 0 Å². The third kappa shape index (κ3) is 2.42. The average Bonchev–Trinajstić information content (AvgIpc) is 2.88. The van der Waals surface area contributed by atoms with Crippen molar-refractivity contribution in [3.05, 3.63) is 21.4 Å². The molecule has 1 atom stereocenters. The van der Waals surface area contributed by atoms with Gasteiger partial charge in [0.1, 0.15) is 0 Å². The lowest BCUT2D eigenvalue weighted by Gasteiger charge is -2.33. The highest BCUT2D eigenvalue weighted by atomic mass is 35.5. The molecule has 1 aromatic rings. The number of nitrogens with zero attached hydrogens (tertiary/aromatic N) is 1. The lowest BCUT2D eigenvalue weighted by atomic mass is 10.2. The van der Waals surface area contributed by atoms with Gasteiger partial charge in [0, 0.05) is 30.6 Å². The van der Waals surface area contributed by atoms with Crippen LogP contribution in [-0.2, 0) is 12.8 Å². The molecule has 1 aliphatic carbocycles. The first-order valence-electron chi connectivity index (χ1n) is 6.39. The van der Waals surface area contributed by atoms with Crippen molar-refractivity contribution >= 4 is 29.7 Å². The first-order chi connectivity index (χ1) is 8.25. The van der Waals surface area contributed by atoms with Crippen LogP contribution >= 0.6 is 23.7 Å². The Morgan fingerprint density at radius 2 is 2.33 bits per heavy atom. The monoisotopic (exact) mass is 286 g/mol. The highest BCUT2D eigenvalue weighted by molar-refractivity contribution is 7.14. The number of amides is 1. The Balaban J connectivity index is 0.00000120. The smallest absolute Gasteiger partial charge is 0.264 e. The fourth-order valence-corrected chi connectivity index (χ4v) is 3.93. The van der Waals surface area contributed by atoms with Crippen molar-refractivity contribution in [1.29, 1.82) is 0 Å². The molecular formula is C13H19ClN2OS. The van der Waals surface area contributed by atoms with Crippen LogP contribution in [0, 0.1) is 0 Å². The van der Waals surface area contributed by atoms with Crippen LogP contribution in [0.15, 0.2) is 6.07 Å². The highest BCUT2D eigenvalue weighted by Crippen LogP contribution is 2.31. The van der Waals surface area contributed by atoms with Gasteiger partial charge in [-0.25, -0.2) is 0 Å². The molecule has 0 radical (unpaired) electrons. The molecule has 0 aromatic carbocycles. The van der Waals surface area contributed by atoms with E-state index in [0.717, 1.165) is 30.9 Å². The Morgan fingerprint density at radius 3 is 3.06 bits per heavy atom. The third-order valence-electron chi connectivity index (χ3n) is 3.72. The highest BCUT2D eigenvalue weighted by Gasteiger charge is 2.26. The fraction of sp³-hybridized carbons (Fsp3) is 0.615. The lowest BCUT2D eigenvalue weighted by Crippen LogP contribution is -2.52. The molecule has 0 bridgehead atoms. The lowest BCUT2D eigenvalue weighted by molar-refractivity contribution is 0.0660. The summed E-state index contributed by atoms with van der Waals surface area (Å²) < 4.78 is 0. The standard InChI is InChI=1S/C13H18N2OS.ClH/c1-9-8-14-5-6-15(9)13(16)12-7-10-3-2-4-11(10)17-12;/h7,9,14H,2-6,8H2,1H3;1H/t9-;/m0./s1. The summed E-state index contributed by atoms with van der Waals surface area (Å²) in [7, 11) is 0. The minimum absolute atomic E-state index is 0. The molecule has 1 N–H and O–H groups in total. The number of hydrogen-bond acceptors (Lipinski definition) is 3. The molecule has 2 heterocycles. The summed E-state index contributed by atoms with van der Waals surface area (Å²) in [6, 6.07) is 2.44. The van der Waals surface area contributed by atoms with Gasteiger partial charge in [0.2, 0.25) is 0 Å². The molecule has 3 nitrogen and oxygen atoms in total. The van der Waals surface area contributed by atoms with Crippen molar-refractivity contribution in [2.75, 3.05) is 19.6 Å².